The third kappa shape index (κ3) is 4.21. The van der Waals surface area contributed by atoms with Gasteiger partial charge < -0.3 is 10.6 Å². The molecule has 0 unspecified atom stereocenters. The maximum atomic E-state index is 12.9. The fourth-order valence-electron chi connectivity index (χ4n) is 3.13. The summed E-state index contributed by atoms with van der Waals surface area (Å²) in [5, 5.41) is 0.625. The molecule has 1 saturated carbocycles. The van der Waals surface area contributed by atoms with Crippen molar-refractivity contribution < 1.29 is 4.79 Å². The van der Waals surface area contributed by atoms with Gasteiger partial charge in [0.25, 0.3) is 5.91 Å². The molecular weight excluding hydrogens is 284 g/mol. The minimum Gasteiger partial charge on any atom is -0.336 e. The summed E-state index contributed by atoms with van der Waals surface area (Å²) in [7, 11) is 0. The summed E-state index contributed by atoms with van der Waals surface area (Å²) >= 11 is 6.09. The van der Waals surface area contributed by atoms with E-state index in [0.29, 0.717) is 22.7 Å². The molecule has 4 heteroatoms. The van der Waals surface area contributed by atoms with Crippen LogP contribution in [-0.2, 0) is 0 Å². The molecule has 1 aliphatic carbocycles. The van der Waals surface area contributed by atoms with Crippen LogP contribution in [0, 0.1) is 6.92 Å². The Labute approximate surface area is 132 Å². The number of rotatable bonds is 4. The molecule has 1 aromatic rings. The van der Waals surface area contributed by atoms with Gasteiger partial charge in [0.15, 0.2) is 0 Å². The highest BCUT2D eigenvalue weighted by Crippen LogP contribution is 2.25. The number of halogens is 1. The summed E-state index contributed by atoms with van der Waals surface area (Å²) in [6.07, 6.45) is 4.99. The van der Waals surface area contributed by atoms with Gasteiger partial charge >= 0.3 is 0 Å². The third-order valence-corrected chi connectivity index (χ3v) is 4.41. The van der Waals surface area contributed by atoms with Crippen LogP contribution in [0.3, 0.4) is 0 Å². The van der Waals surface area contributed by atoms with Crippen molar-refractivity contribution in [2.45, 2.75) is 58.0 Å². The van der Waals surface area contributed by atoms with E-state index in [4.69, 9.17) is 17.3 Å². The van der Waals surface area contributed by atoms with Crippen molar-refractivity contribution in [3.8, 4) is 0 Å². The summed E-state index contributed by atoms with van der Waals surface area (Å²) in [6.45, 7) is 4.87. The quantitative estimate of drug-likeness (QED) is 0.920. The molecule has 0 atom stereocenters. The molecule has 0 aliphatic heterocycles. The lowest BCUT2D eigenvalue weighted by Gasteiger charge is -2.36. The second-order valence-electron chi connectivity index (χ2n) is 6.08. The van der Waals surface area contributed by atoms with Gasteiger partial charge in [-0.2, -0.15) is 0 Å². The Morgan fingerprint density at radius 3 is 2.52 bits per heavy atom. The van der Waals surface area contributed by atoms with E-state index in [1.165, 1.54) is 0 Å². The lowest BCUT2D eigenvalue weighted by molar-refractivity contribution is 0.0626. The number of carbonyl (C=O) groups is 1. The van der Waals surface area contributed by atoms with E-state index in [0.717, 1.165) is 44.2 Å². The van der Waals surface area contributed by atoms with E-state index in [2.05, 4.69) is 6.92 Å². The number of amides is 1. The van der Waals surface area contributed by atoms with Crippen molar-refractivity contribution in [1.82, 2.24) is 4.90 Å². The van der Waals surface area contributed by atoms with Gasteiger partial charge in [0.1, 0.15) is 0 Å². The van der Waals surface area contributed by atoms with E-state index in [-0.39, 0.29) is 5.91 Å². The van der Waals surface area contributed by atoms with E-state index >= 15 is 0 Å². The van der Waals surface area contributed by atoms with Crippen molar-refractivity contribution in [1.29, 1.82) is 0 Å². The van der Waals surface area contributed by atoms with E-state index in [9.17, 15) is 4.79 Å². The molecule has 0 saturated heterocycles. The first-order valence-corrected chi connectivity index (χ1v) is 8.22. The molecule has 0 heterocycles. The first kappa shape index (κ1) is 16.3. The molecule has 0 aromatic heterocycles. The number of carbonyl (C=O) groups excluding carboxylic acids is 1. The molecule has 1 fully saturated rings. The first-order chi connectivity index (χ1) is 10.0. The zero-order chi connectivity index (χ0) is 15.4. The van der Waals surface area contributed by atoms with Crippen molar-refractivity contribution in [3.05, 3.63) is 34.3 Å². The number of nitrogens with zero attached hydrogens (tertiary/aromatic N) is 1. The zero-order valence-corrected chi connectivity index (χ0v) is 13.7. The monoisotopic (exact) mass is 308 g/mol. The van der Waals surface area contributed by atoms with E-state index in [1.54, 1.807) is 6.07 Å². The van der Waals surface area contributed by atoms with Gasteiger partial charge in [-0.05, 0) is 62.8 Å². The standard InChI is InChI=1S/C17H25ClN2O/c1-3-8-20(16-6-4-15(19)5-7-16)17(21)13-9-12(2)10-14(18)11-13/h9-11,15-16H,3-8,19H2,1-2H3. The van der Waals surface area contributed by atoms with Gasteiger partial charge in [-0.3, -0.25) is 4.79 Å². The van der Waals surface area contributed by atoms with Crippen LogP contribution in [0.15, 0.2) is 18.2 Å². The van der Waals surface area contributed by atoms with Crippen LogP contribution >= 0.6 is 11.6 Å². The molecule has 0 bridgehead atoms. The average Bonchev–Trinajstić information content (AvgIpc) is 2.44. The summed E-state index contributed by atoms with van der Waals surface area (Å²) in [5.74, 6) is 0.0999. The third-order valence-electron chi connectivity index (χ3n) is 4.20. The highest BCUT2D eigenvalue weighted by Gasteiger charge is 2.28. The highest BCUT2D eigenvalue weighted by molar-refractivity contribution is 6.31. The molecule has 1 aliphatic rings. The summed E-state index contributed by atoms with van der Waals surface area (Å²) in [5.41, 5.74) is 7.70. The Morgan fingerprint density at radius 2 is 1.95 bits per heavy atom. The predicted molar refractivity (Wildman–Crippen MR) is 87.7 cm³/mol. The minimum absolute atomic E-state index is 0.0999. The number of nitrogens with two attached hydrogens (primary N) is 1. The molecular formula is C17H25ClN2O. The predicted octanol–water partition coefficient (Wildman–Crippen LogP) is 3.77. The number of benzene rings is 1. The van der Waals surface area contributed by atoms with Crippen LogP contribution in [0.4, 0.5) is 0 Å². The Hall–Kier alpha value is -1.06. The second-order valence-corrected chi connectivity index (χ2v) is 6.52. The highest BCUT2D eigenvalue weighted by atomic mass is 35.5. The first-order valence-electron chi connectivity index (χ1n) is 7.85. The van der Waals surface area contributed by atoms with Crippen LogP contribution in [0.2, 0.25) is 5.02 Å². The zero-order valence-electron chi connectivity index (χ0n) is 12.9. The lowest BCUT2D eigenvalue weighted by Crippen LogP contribution is -2.44. The van der Waals surface area contributed by atoms with Gasteiger partial charge in [-0.25, -0.2) is 0 Å². The Morgan fingerprint density at radius 1 is 1.29 bits per heavy atom. The Kier molecular flexibility index (Phi) is 5.65. The van der Waals surface area contributed by atoms with Gasteiger partial charge in [0, 0.05) is 29.2 Å². The fraction of sp³-hybridized carbons (Fsp3) is 0.588. The van der Waals surface area contributed by atoms with E-state index in [1.807, 2.05) is 24.0 Å². The van der Waals surface area contributed by atoms with Gasteiger partial charge in [-0.15, -0.1) is 0 Å². The van der Waals surface area contributed by atoms with Crippen LogP contribution in [0.5, 0.6) is 0 Å². The molecule has 1 amide bonds. The molecule has 0 spiro atoms. The van der Waals surface area contributed by atoms with Gasteiger partial charge in [0.05, 0.1) is 0 Å². The van der Waals surface area contributed by atoms with Crippen LogP contribution in [-0.4, -0.2) is 29.4 Å². The average molecular weight is 309 g/mol. The maximum Gasteiger partial charge on any atom is 0.254 e. The lowest BCUT2D eigenvalue weighted by atomic mass is 9.90. The van der Waals surface area contributed by atoms with Crippen molar-refractivity contribution in [2.75, 3.05) is 6.54 Å². The van der Waals surface area contributed by atoms with Crippen LogP contribution in [0.25, 0.3) is 0 Å². The molecule has 21 heavy (non-hydrogen) atoms. The summed E-state index contributed by atoms with van der Waals surface area (Å²) < 4.78 is 0. The molecule has 1 aromatic carbocycles. The molecule has 0 radical (unpaired) electrons. The Bertz CT molecular complexity index is 475. The van der Waals surface area contributed by atoms with Crippen molar-refractivity contribution >= 4 is 17.5 Å². The van der Waals surface area contributed by atoms with Crippen molar-refractivity contribution in [2.24, 2.45) is 5.73 Å². The smallest absolute Gasteiger partial charge is 0.254 e. The van der Waals surface area contributed by atoms with Crippen molar-refractivity contribution in [3.63, 3.8) is 0 Å². The largest absolute Gasteiger partial charge is 0.336 e. The fourth-order valence-corrected chi connectivity index (χ4v) is 3.42. The SMILES string of the molecule is CCCN(C(=O)c1cc(C)cc(Cl)c1)C1CCC(N)CC1. The van der Waals surface area contributed by atoms with Crippen LogP contribution < -0.4 is 5.73 Å². The minimum atomic E-state index is 0.0999. The molecule has 2 N–H and O–H groups in total. The number of aryl methyl sites for hydroxylation is 1. The number of hydrogen-bond acceptors (Lipinski definition) is 2. The summed E-state index contributed by atoms with van der Waals surface area (Å²) in [4.78, 5) is 14.9. The van der Waals surface area contributed by atoms with Gasteiger partial charge in [-0.1, -0.05) is 18.5 Å². The molecule has 3 nitrogen and oxygen atoms in total. The van der Waals surface area contributed by atoms with Gasteiger partial charge in [0.2, 0.25) is 0 Å². The maximum absolute atomic E-state index is 12.9. The Balaban J connectivity index is 2.18. The van der Waals surface area contributed by atoms with Crippen LogP contribution in [0.1, 0.15) is 54.9 Å². The van der Waals surface area contributed by atoms with E-state index < -0.39 is 0 Å². The normalized spacial score (nSPS) is 22.1. The second kappa shape index (κ2) is 7.28. The molecule has 116 valence electrons. The topological polar surface area (TPSA) is 46.3 Å². The number of hydrogen-bond donors (Lipinski definition) is 1. The molecule has 2 rings (SSSR count). The summed E-state index contributed by atoms with van der Waals surface area (Å²) in [6, 6.07) is 6.19.